The number of ether oxygens (including phenoxy) is 1. The maximum atomic E-state index is 12.4. The fourth-order valence-corrected chi connectivity index (χ4v) is 3.29. The predicted octanol–water partition coefficient (Wildman–Crippen LogP) is 3.61. The van der Waals surface area contributed by atoms with Crippen molar-refractivity contribution >= 4 is 12.1 Å². The van der Waals surface area contributed by atoms with E-state index >= 15 is 0 Å². The largest absolute Gasteiger partial charge is 0.478 e. The smallest absolute Gasteiger partial charge is 0.410 e. The van der Waals surface area contributed by atoms with Crippen LogP contribution in [0.25, 0.3) is 0 Å². The number of aromatic carboxylic acids is 1. The molecule has 1 aliphatic rings. The third-order valence-electron chi connectivity index (χ3n) is 4.50. The molecule has 6 nitrogen and oxygen atoms in total. The number of rotatable bonds is 5. The van der Waals surface area contributed by atoms with E-state index in [9.17, 15) is 14.7 Å². The van der Waals surface area contributed by atoms with Gasteiger partial charge < -0.3 is 14.7 Å². The Bertz CT molecular complexity index is 639. The van der Waals surface area contributed by atoms with Crippen LogP contribution < -0.4 is 0 Å². The van der Waals surface area contributed by atoms with E-state index in [4.69, 9.17) is 4.74 Å². The number of carboxylic acids is 1. The molecule has 0 bridgehead atoms. The van der Waals surface area contributed by atoms with Crippen LogP contribution in [0.1, 0.15) is 56.5 Å². The van der Waals surface area contributed by atoms with Crippen LogP contribution in [0.3, 0.4) is 0 Å². The summed E-state index contributed by atoms with van der Waals surface area (Å²) in [7, 11) is 0. The van der Waals surface area contributed by atoms with Crippen molar-refractivity contribution in [2.45, 2.75) is 58.7 Å². The van der Waals surface area contributed by atoms with Gasteiger partial charge in [-0.05, 0) is 38.8 Å². The molecule has 1 aromatic rings. The summed E-state index contributed by atoms with van der Waals surface area (Å²) in [6, 6.07) is 7.32. The number of hydrogen-bond acceptors (Lipinski definition) is 4. The molecule has 6 heteroatoms. The van der Waals surface area contributed by atoms with Crippen LogP contribution in [0.2, 0.25) is 0 Å². The lowest BCUT2D eigenvalue weighted by molar-refractivity contribution is 0.00118. The fourth-order valence-electron chi connectivity index (χ4n) is 3.29. The highest BCUT2D eigenvalue weighted by molar-refractivity contribution is 5.89. The highest BCUT2D eigenvalue weighted by Gasteiger charge is 2.31. The first kappa shape index (κ1) is 20.2. The zero-order valence-electron chi connectivity index (χ0n) is 16.2. The van der Waals surface area contributed by atoms with Crippen molar-refractivity contribution in [3.63, 3.8) is 0 Å². The van der Waals surface area contributed by atoms with E-state index in [-0.39, 0.29) is 12.1 Å². The predicted molar refractivity (Wildman–Crippen MR) is 100 cm³/mol. The molecule has 0 unspecified atom stereocenters. The Hall–Kier alpha value is -2.08. The van der Waals surface area contributed by atoms with Gasteiger partial charge in [0, 0.05) is 32.2 Å². The molecular weight excluding hydrogens is 332 g/mol. The highest BCUT2D eigenvalue weighted by atomic mass is 16.6. The molecule has 1 aromatic carbocycles. The molecule has 0 aromatic heterocycles. The average Bonchev–Trinajstić information content (AvgIpc) is 2.55. The molecule has 0 saturated carbocycles. The summed E-state index contributed by atoms with van der Waals surface area (Å²) in [6.07, 6.45) is 1.68. The lowest BCUT2D eigenvalue weighted by atomic mass is 10.0. The van der Waals surface area contributed by atoms with E-state index in [1.807, 2.05) is 32.9 Å². The maximum absolute atomic E-state index is 12.4. The molecule has 1 N–H and O–H groups in total. The lowest BCUT2D eigenvalue weighted by Gasteiger charge is -2.42. The summed E-state index contributed by atoms with van der Waals surface area (Å²) in [5.74, 6) is -0.903. The molecule has 1 aliphatic heterocycles. The molecule has 1 fully saturated rings. The van der Waals surface area contributed by atoms with Crippen LogP contribution in [-0.4, -0.2) is 58.2 Å². The van der Waals surface area contributed by atoms with E-state index in [1.54, 1.807) is 17.0 Å². The number of benzene rings is 1. The van der Waals surface area contributed by atoms with Gasteiger partial charge in [-0.3, -0.25) is 4.90 Å². The van der Waals surface area contributed by atoms with Gasteiger partial charge >= 0.3 is 12.1 Å². The second-order valence-electron chi connectivity index (χ2n) is 7.80. The number of hydrogen-bond donors (Lipinski definition) is 1. The molecule has 1 saturated heterocycles. The first-order chi connectivity index (χ1) is 12.2. The zero-order valence-corrected chi connectivity index (χ0v) is 16.2. The van der Waals surface area contributed by atoms with Gasteiger partial charge in [0.25, 0.3) is 0 Å². The minimum atomic E-state index is -0.903. The van der Waals surface area contributed by atoms with E-state index in [2.05, 4.69) is 11.8 Å². The molecule has 144 valence electrons. The lowest BCUT2D eigenvalue weighted by Crippen LogP contribution is -2.55. The Morgan fingerprint density at radius 2 is 1.92 bits per heavy atom. The van der Waals surface area contributed by atoms with E-state index in [0.29, 0.717) is 31.7 Å². The second-order valence-corrected chi connectivity index (χ2v) is 7.80. The minimum absolute atomic E-state index is 0.197. The molecule has 0 radical (unpaired) electrons. The normalized spacial score (nSPS) is 18.6. The van der Waals surface area contributed by atoms with Gasteiger partial charge in [0.15, 0.2) is 0 Å². The summed E-state index contributed by atoms with van der Waals surface area (Å²) in [5.41, 5.74) is 0.652. The Kier molecular flexibility index (Phi) is 6.64. The van der Waals surface area contributed by atoms with E-state index in [0.717, 1.165) is 18.4 Å². The number of carboxylic acid groups (broad SMARTS) is 1. The van der Waals surface area contributed by atoms with Crippen LogP contribution in [0.15, 0.2) is 24.3 Å². The Morgan fingerprint density at radius 3 is 2.54 bits per heavy atom. The third kappa shape index (κ3) is 5.46. The van der Waals surface area contributed by atoms with Crippen LogP contribution in [-0.2, 0) is 11.3 Å². The van der Waals surface area contributed by atoms with Gasteiger partial charge in [0.2, 0.25) is 0 Å². The van der Waals surface area contributed by atoms with Gasteiger partial charge in [-0.2, -0.15) is 0 Å². The van der Waals surface area contributed by atoms with Crippen molar-refractivity contribution in [2.24, 2.45) is 0 Å². The van der Waals surface area contributed by atoms with Crippen molar-refractivity contribution in [3.8, 4) is 0 Å². The zero-order chi connectivity index (χ0) is 19.3. The van der Waals surface area contributed by atoms with Crippen LogP contribution in [0, 0.1) is 0 Å². The molecule has 1 amide bonds. The van der Waals surface area contributed by atoms with Crippen LogP contribution in [0.5, 0.6) is 0 Å². The standard InChI is InChI=1S/C20H30N2O4/c1-5-8-16-14-22(19(25)26-20(2,3)4)12-11-21(16)13-15-9-6-7-10-17(15)18(23)24/h6-7,9-10,16H,5,8,11-14H2,1-4H3,(H,23,24)/t16-/m0/s1. The number of piperazine rings is 1. The highest BCUT2D eigenvalue weighted by Crippen LogP contribution is 2.21. The summed E-state index contributed by atoms with van der Waals surface area (Å²) in [6.45, 7) is 10.2. The molecular formula is C20H30N2O4. The molecule has 0 aliphatic carbocycles. The van der Waals surface area contributed by atoms with Crippen molar-refractivity contribution in [2.75, 3.05) is 19.6 Å². The molecule has 2 rings (SSSR count). The van der Waals surface area contributed by atoms with Crippen LogP contribution in [0.4, 0.5) is 4.79 Å². The molecule has 26 heavy (non-hydrogen) atoms. The fraction of sp³-hybridized carbons (Fsp3) is 0.600. The van der Waals surface area contributed by atoms with Crippen molar-refractivity contribution in [3.05, 3.63) is 35.4 Å². The summed E-state index contributed by atoms with van der Waals surface area (Å²) in [4.78, 5) is 27.9. The van der Waals surface area contributed by atoms with Crippen LogP contribution >= 0.6 is 0 Å². The first-order valence-electron chi connectivity index (χ1n) is 9.24. The van der Waals surface area contributed by atoms with Crippen molar-refractivity contribution in [1.29, 1.82) is 0 Å². The van der Waals surface area contributed by atoms with Gasteiger partial charge in [0.1, 0.15) is 5.60 Å². The monoisotopic (exact) mass is 362 g/mol. The Morgan fingerprint density at radius 1 is 1.23 bits per heavy atom. The molecule has 1 atom stereocenters. The SMILES string of the molecule is CCC[C@H]1CN(C(=O)OC(C)(C)C)CCN1Cc1ccccc1C(=O)O. The summed E-state index contributed by atoms with van der Waals surface area (Å²) >= 11 is 0. The number of nitrogens with zero attached hydrogens (tertiary/aromatic N) is 2. The van der Waals surface area contributed by atoms with Gasteiger partial charge in [-0.1, -0.05) is 31.5 Å². The number of carbonyl (C=O) groups excluding carboxylic acids is 1. The quantitative estimate of drug-likeness (QED) is 0.866. The topological polar surface area (TPSA) is 70.1 Å². The van der Waals surface area contributed by atoms with Gasteiger partial charge in [-0.25, -0.2) is 9.59 Å². The Labute approximate surface area is 155 Å². The maximum Gasteiger partial charge on any atom is 0.410 e. The summed E-state index contributed by atoms with van der Waals surface area (Å²) in [5, 5.41) is 9.40. The number of amides is 1. The molecule has 1 heterocycles. The number of carbonyl (C=O) groups is 2. The van der Waals surface area contributed by atoms with E-state index in [1.165, 1.54) is 0 Å². The van der Waals surface area contributed by atoms with Crippen molar-refractivity contribution < 1.29 is 19.4 Å². The minimum Gasteiger partial charge on any atom is -0.478 e. The summed E-state index contributed by atoms with van der Waals surface area (Å²) < 4.78 is 5.50. The average molecular weight is 362 g/mol. The second kappa shape index (κ2) is 8.54. The third-order valence-corrected chi connectivity index (χ3v) is 4.50. The Balaban J connectivity index is 2.09. The van der Waals surface area contributed by atoms with Gasteiger partial charge in [0.05, 0.1) is 5.56 Å². The van der Waals surface area contributed by atoms with Gasteiger partial charge in [-0.15, -0.1) is 0 Å². The van der Waals surface area contributed by atoms with E-state index < -0.39 is 11.6 Å². The molecule has 0 spiro atoms. The van der Waals surface area contributed by atoms with Crippen molar-refractivity contribution in [1.82, 2.24) is 9.80 Å². The first-order valence-corrected chi connectivity index (χ1v) is 9.24.